The van der Waals surface area contributed by atoms with Gasteiger partial charge >= 0.3 is 0 Å². The second-order valence-corrected chi connectivity index (χ2v) is 6.32. The lowest BCUT2D eigenvalue weighted by atomic mass is 9.87. The molecular weight excluding hydrogens is 258 g/mol. The number of methoxy groups -OCH3 is 1. The van der Waals surface area contributed by atoms with Crippen LogP contribution in [0.2, 0.25) is 0 Å². The Morgan fingerprint density at radius 2 is 2.00 bits per heavy atom. The number of benzene rings is 2. The zero-order valence-corrected chi connectivity index (χ0v) is 13.1. The first-order chi connectivity index (χ1) is 10.3. The van der Waals surface area contributed by atoms with Gasteiger partial charge in [0.2, 0.25) is 0 Å². The van der Waals surface area contributed by atoms with E-state index in [4.69, 9.17) is 4.74 Å². The Bertz CT molecular complexity index is 608. The van der Waals surface area contributed by atoms with Crippen LogP contribution in [0.4, 0.5) is 0 Å². The van der Waals surface area contributed by atoms with Crippen molar-refractivity contribution in [3.05, 3.63) is 42.0 Å². The van der Waals surface area contributed by atoms with Crippen LogP contribution in [0.15, 0.2) is 36.4 Å². The van der Waals surface area contributed by atoms with Crippen LogP contribution in [0, 0.1) is 5.92 Å². The summed E-state index contributed by atoms with van der Waals surface area (Å²) in [5.74, 6) is 1.84. The molecule has 2 aromatic rings. The molecule has 2 unspecified atom stereocenters. The van der Waals surface area contributed by atoms with E-state index in [1.54, 1.807) is 7.11 Å². The third-order valence-corrected chi connectivity index (χ3v) is 4.72. The molecule has 1 aliphatic rings. The molecule has 1 saturated carbocycles. The molecule has 2 heteroatoms. The van der Waals surface area contributed by atoms with E-state index in [9.17, 15) is 0 Å². The summed E-state index contributed by atoms with van der Waals surface area (Å²) >= 11 is 0. The van der Waals surface area contributed by atoms with Crippen molar-refractivity contribution in [3.8, 4) is 5.75 Å². The third-order valence-electron chi connectivity index (χ3n) is 4.72. The van der Waals surface area contributed by atoms with Crippen LogP contribution < -0.4 is 10.1 Å². The van der Waals surface area contributed by atoms with Crippen molar-refractivity contribution in [1.29, 1.82) is 0 Å². The van der Waals surface area contributed by atoms with Gasteiger partial charge in [-0.2, -0.15) is 0 Å². The molecule has 0 saturated heterocycles. The zero-order valence-electron chi connectivity index (χ0n) is 13.1. The Morgan fingerprint density at radius 1 is 1.14 bits per heavy atom. The highest BCUT2D eigenvalue weighted by molar-refractivity contribution is 5.87. The number of fused-ring (bicyclic) bond motifs is 1. The molecule has 112 valence electrons. The minimum Gasteiger partial charge on any atom is -0.496 e. The average Bonchev–Trinajstić information content (AvgIpc) is 2.52. The molecule has 0 aromatic heterocycles. The normalized spacial score (nSPS) is 22.4. The van der Waals surface area contributed by atoms with Crippen molar-refractivity contribution in [1.82, 2.24) is 5.32 Å². The minimum atomic E-state index is 0.650. The fraction of sp³-hybridized carbons (Fsp3) is 0.474. The second-order valence-electron chi connectivity index (χ2n) is 6.32. The summed E-state index contributed by atoms with van der Waals surface area (Å²) in [6.45, 7) is 3.26. The molecule has 0 aliphatic heterocycles. The molecule has 1 aliphatic carbocycles. The standard InChI is InChI=1S/C19H25NO/c1-14-6-5-8-16(12-14)20-13-18-17-9-4-3-7-15(17)10-11-19(18)21-2/h3-4,7,9-11,14,16,20H,5-6,8,12-13H2,1-2H3. The van der Waals surface area contributed by atoms with E-state index in [-0.39, 0.29) is 0 Å². The van der Waals surface area contributed by atoms with E-state index in [1.807, 2.05) is 0 Å². The summed E-state index contributed by atoms with van der Waals surface area (Å²) < 4.78 is 5.57. The summed E-state index contributed by atoms with van der Waals surface area (Å²) in [7, 11) is 1.76. The van der Waals surface area contributed by atoms with Gasteiger partial charge in [-0.15, -0.1) is 0 Å². The summed E-state index contributed by atoms with van der Waals surface area (Å²) in [5, 5.41) is 6.34. The molecule has 0 bridgehead atoms. The Hall–Kier alpha value is -1.54. The van der Waals surface area contributed by atoms with Gasteiger partial charge in [0.25, 0.3) is 0 Å². The first-order valence-corrected chi connectivity index (χ1v) is 8.06. The summed E-state index contributed by atoms with van der Waals surface area (Å²) in [5.41, 5.74) is 1.29. The van der Waals surface area contributed by atoms with E-state index in [0.29, 0.717) is 6.04 Å². The van der Waals surface area contributed by atoms with Crippen LogP contribution in [-0.2, 0) is 6.54 Å². The topological polar surface area (TPSA) is 21.3 Å². The highest BCUT2D eigenvalue weighted by Crippen LogP contribution is 2.29. The molecule has 0 spiro atoms. The molecule has 21 heavy (non-hydrogen) atoms. The van der Waals surface area contributed by atoms with Crippen LogP contribution in [0.25, 0.3) is 10.8 Å². The van der Waals surface area contributed by atoms with Gasteiger partial charge in [-0.1, -0.05) is 50.1 Å². The maximum Gasteiger partial charge on any atom is 0.123 e. The van der Waals surface area contributed by atoms with Crippen molar-refractivity contribution >= 4 is 10.8 Å². The quantitative estimate of drug-likeness (QED) is 0.891. The first-order valence-electron chi connectivity index (χ1n) is 8.06. The van der Waals surface area contributed by atoms with Gasteiger partial charge in [-0.25, -0.2) is 0 Å². The predicted octanol–water partition coefficient (Wildman–Crippen LogP) is 4.52. The lowest BCUT2D eigenvalue weighted by molar-refractivity contribution is 0.299. The highest BCUT2D eigenvalue weighted by atomic mass is 16.5. The fourth-order valence-electron chi connectivity index (χ4n) is 3.56. The number of hydrogen-bond acceptors (Lipinski definition) is 2. The van der Waals surface area contributed by atoms with E-state index in [2.05, 4.69) is 48.6 Å². The molecule has 0 radical (unpaired) electrons. The third kappa shape index (κ3) is 3.21. The Balaban J connectivity index is 1.81. The lowest BCUT2D eigenvalue weighted by Crippen LogP contribution is -2.33. The SMILES string of the molecule is COc1ccc2ccccc2c1CNC1CCCC(C)C1. The van der Waals surface area contributed by atoms with Crippen LogP contribution in [0.5, 0.6) is 5.75 Å². The van der Waals surface area contributed by atoms with Crippen molar-refractivity contribution in [2.24, 2.45) is 5.92 Å². The molecule has 2 aromatic carbocycles. The molecule has 1 fully saturated rings. The monoisotopic (exact) mass is 283 g/mol. The van der Waals surface area contributed by atoms with Gasteiger partial charge < -0.3 is 10.1 Å². The zero-order chi connectivity index (χ0) is 14.7. The van der Waals surface area contributed by atoms with Crippen molar-refractivity contribution in [2.45, 2.75) is 45.2 Å². The van der Waals surface area contributed by atoms with Crippen LogP contribution in [0.3, 0.4) is 0 Å². The minimum absolute atomic E-state index is 0.650. The van der Waals surface area contributed by atoms with Gasteiger partial charge in [0.1, 0.15) is 5.75 Å². The van der Waals surface area contributed by atoms with Crippen molar-refractivity contribution in [2.75, 3.05) is 7.11 Å². The maximum atomic E-state index is 5.57. The van der Waals surface area contributed by atoms with Gasteiger partial charge in [-0.3, -0.25) is 0 Å². The molecule has 0 heterocycles. The number of hydrogen-bond donors (Lipinski definition) is 1. The molecule has 1 N–H and O–H groups in total. The fourth-order valence-corrected chi connectivity index (χ4v) is 3.56. The highest BCUT2D eigenvalue weighted by Gasteiger charge is 2.19. The smallest absolute Gasteiger partial charge is 0.123 e. The van der Waals surface area contributed by atoms with Crippen molar-refractivity contribution in [3.63, 3.8) is 0 Å². The first kappa shape index (κ1) is 14.4. The molecular formula is C19H25NO. The molecule has 2 atom stereocenters. The Kier molecular flexibility index (Phi) is 4.45. The number of ether oxygens (including phenoxy) is 1. The Labute approximate surface area is 127 Å². The van der Waals surface area contributed by atoms with Gasteiger partial charge in [0.15, 0.2) is 0 Å². The van der Waals surface area contributed by atoms with E-state index >= 15 is 0 Å². The van der Waals surface area contributed by atoms with E-state index in [1.165, 1.54) is 42.0 Å². The van der Waals surface area contributed by atoms with E-state index in [0.717, 1.165) is 18.2 Å². The largest absolute Gasteiger partial charge is 0.496 e. The molecule has 2 nitrogen and oxygen atoms in total. The average molecular weight is 283 g/mol. The van der Waals surface area contributed by atoms with Crippen molar-refractivity contribution < 1.29 is 4.74 Å². The van der Waals surface area contributed by atoms with Gasteiger partial charge in [0, 0.05) is 18.2 Å². The predicted molar refractivity (Wildman–Crippen MR) is 88.8 cm³/mol. The Morgan fingerprint density at radius 3 is 2.81 bits per heavy atom. The molecule has 0 amide bonds. The number of nitrogens with one attached hydrogen (secondary N) is 1. The number of rotatable bonds is 4. The summed E-state index contributed by atoms with van der Waals surface area (Å²) in [6.07, 6.45) is 5.34. The van der Waals surface area contributed by atoms with E-state index < -0.39 is 0 Å². The summed E-state index contributed by atoms with van der Waals surface area (Å²) in [4.78, 5) is 0. The van der Waals surface area contributed by atoms with Crippen LogP contribution >= 0.6 is 0 Å². The molecule has 3 rings (SSSR count). The summed E-state index contributed by atoms with van der Waals surface area (Å²) in [6, 6.07) is 13.4. The van der Waals surface area contributed by atoms with Crippen LogP contribution in [-0.4, -0.2) is 13.2 Å². The maximum absolute atomic E-state index is 5.57. The van der Waals surface area contributed by atoms with Crippen LogP contribution in [0.1, 0.15) is 38.2 Å². The van der Waals surface area contributed by atoms with Gasteiger partial charge in [0.05, 0.1) is 7.11 Å². The van der Waals surface area contributed by atoms with Gasteiger partial charge in [-0.05, 0) is 35.6 Å². The lowest BCUT2D eigenvalue weighted by Gasteiger charge is -2.28. The second kappa shape index (κ2) is 6.48.